The number of benzene rings is 1. The van der Waals surface area contributed by atoms with Crippen LogP contribution in [0.4, 0.5) is 8.78 Å². The van der Waals surface area contributed by atoms with Crippen molar-refractivity contribution in [1.29, 1.82) is 0 Å². The molecular weight excluding hydrogens is 236 g/mol. The smallest absolute Gasteiger partial charge is 0.129 e. The van der Waals surface area contributed by atoms with E-state index >= 15 is 0 Å². The first-order valence-corrected chi connectivity index (χ1v) is 5.66. The largest absolute Gasteiger partial charge is 0.392 e. The van der Waals surface area contributed by atoms with Gasteiger partial charge in [-0.15, -0.1) is 0 Å². The molecule has 1 unspecified atom stereocenters. The Bertz CT molecular complexity index is 516. The van der Waals surface area contributed by atoms with Crippen molar-refractivity contribution in [2.45, 2.75) is 18.9 Å². The minimum Gasteiger partial charge on any atom is -0.392 e. The van der Waals surface area contributed by atoms with Gasteiger partial charge in [0.25, 0.3) is 0 Å². The maximum absolute atomic E-state index is 13.4. The van der Waals surface area contributed by atoms with E-state index < -0.39 is 17.7 Å². The molecule has 2 aromatic rings. The van der Waals surface area contributed by atoms with Gasteiger partial charge >= 0.3 is 0 Å². The summed E-state index contributed by atoms with van der Waals surface area (Å²) < 4.78 is 26.1. The van der Waals surface area contributed by atoms with Crippen LogP contribution in [0.3, 0.4) is 0 Å². The molecule has 1 aromatic heterocycles. The average molecular weight is 249 g/mol. The van der Waals surface area contributed by atoms with E-state index in [2.05, 4.69) is 4.98 Å². The molecule has 0 saturated carbocycles. The first kappa shape index (κ1) is 12.6. The van der Waals surface area contributed by atoms with Crippen molar-refractivity contribution in [3.63, 3.8) is 0 Å². The molecule has 0 saturated heterocycles. The Morgan fingerprint density at radius 3 is 2.67 bits per heavy atom. The van der Waals surface area contributed by atoms with Crippen molar-refractivity contribution in [3.05, 3.63) is 65.5 Å². The van der Waals surface area contributed by atoms with Gasteiger partial charge in [-0.05, 0) is 23.3 Å². The molecule has 0 radical (unpaired) electrons. The third-order valence-corrected chi connectivity index (χ3v) is 2.66. The van der Waals surface area contributed by atoms with Crippen molar-refractivity contribution >= 4 is 0 Å². The zero-order valence-corrected chi connectivity index (χ0v) is 9.68. The molecule has 94 valence electrons. The van der Waals surface area contributed by atoms with Crippen LogP contribution in [0.2, 0.25) is 0 Å². The highest BCUT2D eigenvalue weighted by molar-refractivity contribution is 5.20. The maximum atomic E-state index is 13.4. The van der Waals surface area contributed by atoms with Gasteiger partial charge in [0.15, 0.2) is 0 Å². The van der Waals surface area contributed by atoms with Crippen molar-refractivity contribution in [1.82, 2.24) is 4.98 Å². The van der Waals surface area contributed by atoms with E-state index in [-0.39, 0.29) is 6.42 Å². The van der Waals surface area contributed by atoms with E-state index in [1.54, 1.807) is 18.5 Å². The number of aromatic nitrogens is 1. The summed E-state index contributed by atoms with van der Waals surface area (Å²) in [5, 5.41) is 9.86. The maximum Gasteiger partial charge on any atom is 0.129 e. The van der Waals surface area contributed by atoms with Crippen LogP contribution in [0.15, 0.2) is 42.7 Å². The zero-order chi connectivity index (χ0) is 13.0. The Labute approximate surface area is 104 Å². The molecule has 0 aliphatic carbocycles. The molecule has 2 nitrogen and oxygen atoms in total. The highest BCUT2D eigenvalue weighted by atomic mass is 19.1. The molecule has 2 rings (SSSR count). The van der Waals surface area contributed by atoms with Crippen molar-refractivity contribution < 1.29 is 13.9 Å². The number of pyridine rings is 1. The summed E-state index contributed by atoms with van der Waals surface area (Å²) in [6, 6.07) is 7.00. The number of halogens is 2. The van der Waals surface area contributed by atoms with Gasteiger partial charge in [0.1, 0.15) is 11.6 Å². The molecule has 0 bridgehead atoms. The molecule has 0 fully saturated rings. The van der Waals surface area contributed by atoms with Gasteiger partial charge < -0.3 is 5.11 Å². The van der Waals surface area contributed by atoms with Gasteiger partial charge in [0.05, 0.1) is 6.10 Å². The lowest BCUT2D eigenvalue weighted by atomic mass is 10.0. The number of rotatable bonds is 4. The average Bonchev–Trinajstić information content (AvgIpc) is 2.34. The molecule has 0 amide bonds. The van der Waals surface area contributed by atoms with E-state index in [0.29, 0.717) is 12.0 Å². The van der Waals surface area contributed by atoms with Crippen LogP contribution in [-0.2, 0) is 12.8 Å². The summed E-state index contributed by atoms with van der Waals surface area (Å²) in [6.45, 7) is 0. The van der Waals surface area contributed by atoms with Gasteiger partial charge in [-0.1, -0.05) is 12.1 Å². The number of aliphatic hydroxyl groups excluding tert-OH is 1. The van der Waals surface area contributed by atoms with Gasteiger partial charge in [0, 0.05) is 31.3 Å². The number of aliphatic hydroxyl groups is 1. The summed E-state index contributed by atoms with van der Waals surface area (Å²) >= 11 is 0. The fourth-order valence-corrected chi connectivity index (χ4v) is 1.80. The molecule has 1 atom stereocenters. The normalized spacial score (nSPS) is 12.4. The Balaban J connectivity index is 2.01. The molecule has 4 heteroatoms. The Morgan fingerprint density at radius 2 is 2.00 bits per heavy atom. The van der Waals surface area contributed by atoms with Crippen LogP contribution in [0, 0.1) is 11.6 Å². The second-order valence-corrected chi connectivity index (χ2v) is 4.16. The van der Waals surface area contributed by atoms with Gasteiger partial charge in [-0.25, -0.2) is 8.78 Å². The van der Waals surface area contributed by atoms with Crippen LogP contribution < -0.4 is 0 Å². The van der Waals surface area contributed by atoms with Crippen LogP contribution in [-0.4, -0.2) is 16.2 Å². The quantitative estimate of drug-likeness (QED) is 0.903. The molecular formula is C14H13F2NO. The predicted molar refractivity (Wildman–Crippen MR) is 64.0 cm³/mol. The lowest BCUT2D eigenvalue weighted by Crippen LogP contribution is -2.15. The van der Waals surface area contributed by atoms with Gasteiger partial charge in [-0.3, -0.25) is 4.98 Å². The van der Waals surface area contributed by atoms with E-state index in [9.17, 15) is 13.9 Å². The third kappa shape index (κ3) is 3.34. The van der Waals surface area contributed by atoms with Crippen LogP contribution in [0.1, 0.15) is 11.1 Å². The van der Waals surface area contributed by atoms with E-state index in [0.717, 1.165) is 11.6 Å². The highest BCUT2D eigenvalue weighted by Crippen LogP contribution is 2.13. The second kappa shape index (κ2) is 5.69. The summed E-state index contributed by atoms with van der Waals surface area (Å²) in [5.41, 5.74) is 1.19. The Morgan fingerprint density at radius 1 is 1.17 bits per heavy atom. The number of hydrogen-bond donors (Lipinski definition) is 1. The lowest BCUT2D eigenvalue weighted by molar-refractivity contribution is 0.174. The Hall–Kier alpha value is -1.81. The first-order valence-electron chi connectivity index (χ1n) is 5.66. The monoisotopic (exact) mass is 249 g/mol. The molecule has 0 aliphatic heterocycles. The third-order valence-electron chi connectivity index (χ3n) is 2.66. The second-order valence-electron chi connectivity index (χ2n) is 4.16. The van der Waals surface area contributed by atoms with Crippen LogP contribution >= 0.6 is 0 Å². The van der Waals surface area contributed by atoms with Crippen LogP contribution in [0.25, 0.3) is 0 Å². The topological polar surface area (TPSA) is 33.1 Å². The molecule has 0 spiro atoms. The molecule has 0 aliphatic rings. The fourth-order valence-electron chi connectivity index (χ4n) is 1.80. The first-order chi connectivity index (χ1) is 8.65. The summed E-state index contributed by atoms with van der Waals surface area (Å²) in [6.07, 6.45) is 3.14. The zero-order valence-electron chi connectivity index (χ0n) is 9.68. The summed E-state index contributed by atoms with van der Waals surface area (Å²) in [4.78, 5) is 3.94. The predicted octanol–water partition coefficient (Wildman–Crippen LogP) is 2.51. The van der Waals surface area contributed by atoms with Crippen molar-refractivity contribution in [2.24, 2.45) is 0 Å². The fraction of sp³-hybridized carbons (Fsp3) is 0.214. The van der Waals surface area contributed by atoms with E-state index in [4.69, 9.17) is 0 Å². The highest BCUT2D eigenvalue weighted by Gasteiger charge is 2.11. The minimum absolute atomic E-state index is 0.154. The van der Waals surface area contributed by atoms with Crippen molar-refractivity contribution in [2.75, 3.05) is 0 Å². The standard InChI is InChI=1S/C14H13F2NO/c15-12-4-3-11(14(16)8-12)7-13(18)6-10-2-1-5-17-9-10/h1-5,8-9,13,18H,6-7H2. The molecule has 1 heterocycles. The summed E-state index contributed by atoms with van der Waals surface area (Å²) in [5.74, 6) is -1.24. The van der Waals surface area contributed by atoms with Gasteiger partial charge in [-0.2, -0.15) is 0 Å². The summed E-state index contributed by atoms with van der Waals surface area (Å²) in [7, 11) is 0. The number of hydrogen-bond acceptors (Lipinski definition) is 2. The van der Waals surface area contributed by atoms with Gasteiger partial charge in [0.2, 0.25) is 0 Å². The lowest BCUT2D eigenvalue weighted by Gasteiger charge is -2.11. The minimum atomic E-state index is -0.714. The molecule has 1 N–H and O–H groups in total. The molecule has 18 heavy (non-hydrogen) atoms. The Kier molecular flexibility index (Phi) is 3.99. The number of nitrogens with zero attached hydrogens (tertiary/aromatic N) is 1. The molecule has 1 aromatic carbocycles. The SMILES string of the molecule is OC(Cc1cccnc1)Cc1ccc(F)cc1F. The van der Waals surface area contributed by atoms with E-state index in [1.165, 1.54) is 12.1 Å². The van der Waals surface area contributed by atoms with Crippen LogP contribution in [0.5, 0.6) is 0 Å². The van der Waals surface area contributed by atoms with E-state index in [1.807, 2.05) is 6.07 Å². The van der Waals surface area contributed by atoms with Crippen molar-refractivity contribution in [3.8, 4) is 0 Å².